The molecule has 1 fully saturated rings. The number of nitrogens with one attached hydrogen (secondary N) is 1. The smallest absolute Gasteiger partial charge is 0.310 e. The third-order valence-electron chi connectivity index (χ3n) is 4.43. The molecule has 0 aliphatic carbocycles. The van der Waals surface area contributed by atoms with Gasteiger partial charge in [-0.3, -0.25) is 4.79 Å². The molecule has 6 nitrogen and oxygen atoms in total. The number of methoxy groups -OCH3 is 1. The highest BCUT2D eigenvalue weighted by molar-refractivity contribution is 14.0. The van der Waals surface area contributed by atoms with Crippen molar-refractivity contribution < 1.29 is 9.53 Å². The Morgan fingerprint density at radius 2 is 2.15 bits per heavy atom. The Kier molecular flexibility index (Phi) is 8.78. The molecule has 0 saturated carbocycles. The summed E-state index contributed by atoms with van der Waals surface area (Å²) < 4.78 is 4.92. The molecule has 0 spiro atoms. The van der Waals surface area contributed by atoms with Gasteiger partial charge in [-0.25, -0.2) is 9.98 Å². The molecule has 0 radical (unpaired) electrons. The molecule has 0 bridgehead atoms. The summed E-state index contributed by atoms with van der Waals surface area (Å²) in [4.78, 5) is 23.5. The third-order valence-corrected chi connectivity index (χ3v) is 5.27. The van der Waals surface area contributed by atoms with Gasteiger partial charge in [0.1, 0.15) is 5.01 Å². The molecule has 1 N–H and O–H groups in total. The van der Waals surface area contributed by atoms with Gasteiger partial charge in [0, 0.05) is 30.4 Å². The lowest BCUT2D eigenvalue weighted by Crippen LogP contribution is -2.40. The highest BCUT2D eigenvalue weighted by atomic mass is 127. The quantitative estimate of drug-likeness (QED) is 0.301. The van der Waals surface area contributed by atoms with Crippen LogP contribution in [0.2, 0.25) is 0 Å². The Labute approximate surface area is 177 Å². The number of ether oxygens (including phenoxy) is 1. The zero-order chi connectivity index (χ0) is 18.6. The van der Waals surface area contributed by atoms with Crippen LogP contribution in [-0.2, 0) is 21.5 Å². The second-order valence-electron chi connectivity index (χ2n) is 7.56. The van der Waals surface area contributed by atoms with Crippen LogP contribution in [0.3, 0.4) is 0 Å². The van der Waals surface area contributed by atoms with Gasteiger partial charge in [0.2, 0.25) is 0 Å². The molecule has 0 amide bonds. The summed E-state index contributed by atoms with van der Waals surface area (Å²) in [5.41, 5.74) is 1.16. The van der Waals surface area contributed by atoms with E-state index in [4.69, 9.17) is 14.7 Å². The van der Waals surface area contributed by atoms with Crippen LogP contribution in [-0.4, -0.2) is 48.6 Å². The number of hydrogen-bond donors (Lipinski definition) is 1. The fraction of sp³-hybridized carbons (Fsp3) is 0.722. The van der Waals surface area contributed by atoms with Crippen molar-refractivity contribution in [2.24, 2.45) is 16.8 Å². The number of carbonyl (C=O) groups is 1. The van der Waals surface area contributed by atoms with Crippen molar-refractivity contribution in [1.29, 1.82) is 0 Å². The average molecular weight is 494 g/mol. The molecule has 1 aliphatic heterocycles. The van der Waals surface area contributed by atoms with Crippen LogP contribution in [0.4, 0.5) is 0 Å². The van der Waals surface area contributed by atoms with Crippen molar-refractivity contribution >= 4 is 47.2 Å². The zero-order valence-corrected chi connectivity index (χ0v) is 19.7. The van der Waals surface area contributed by atoms with E-state index in [2.05, 4.69) is 43.3 Å². The molecule has 1 aromatic heterocycles. The molecule has 148 valence electrons. The van der Waals surface area contributed by atoms with E-state index in [1.165, 1.54) is 7.11 Å². The summed E-state index contributed by atoms with van der Waals surface area (Å²) in [6.45, 7) is 13.4. The van der Waals surface area contributed by atoms with Crippen molar-refractivity contribution in [3.63, 3.8) is 0 Å². The molecule has 1 aliphatic rings. The maximum Gasteiger partial charge on any atom is 0.310 e. The number of thiazole rings is 1. The zero-order valence-electron chi connectivity index (χ0n) is 16.5. The molecule has 2 atom stereocenters. The Bertz CT molecular complexity index is 627. The van der Waals surface area contributed by atoms with E-state index in [0.717, 1.165) is 29.8 Å². The summed E-state index contributed by atoms with van der Waals surface area (Å²) >= 11 is 1.65. The number of rotatable bonds is 4. The normalized spacial score (nSPS) is 20.7. The SMILES string of the molecule is CCNC(=NCc1nc(C(C)(C)C)cs1)N1CC(C)C(C(=O)OC)C1.I. The first kappa shape index (κ1) is 23.1. The van der Waals surface area contributed by atoms with Crippen LogP contribution < -0.4 is 5.32 Å². The van der Waals surface area contributed by atoms with E-state index < -0.39 is 0 Å². The van der Waals surface area contributed by atoms with Gasteiger partial charge in [-0.2, -0.15) is 0 Å². The molecule has 2 heterocycles. The number of aliphatic imine (C=N–C) groups is 1. The number of hydrogen-bond acceptors (Lipinski definition) is 5. The minimum absolute atomic E-state index is 0. The van der Waals surface area contributed by atoms with E-state index in [1.54, 1.807) is 11.3 Å². The summed E-state index contributed by atoms with van der Waals surface area (Å²) in [6.07, 6.45) is 0. The number of esters is 1. The van der Waals surface area contributed by atoms with Gasteiger partial charge >= 0.3 is 5.97 Å². The molecule has 8 heteroatoms. The van der Waals surface area contributed by atoms with Crippen LogP contribution in [0.1, 0.15) is 45.3 Å². The molecule has 1 aromatic rings. The van der Waals surface area contributed by atoms with E-state index in [9.17, 15) is 4.79 Å². The summed E-state index contributed by atoms with van der Waals surface area (Å²) in [6, 6.07) is 0. The van der Waals surface area contributed by atoms with Gasteiger partial charge in [-0.15, -0.1) is 35.3 Å². The van der Waals surface area contributed by atoms with Gasteiger partial charge in [-0.1, -0.05) is 27.7 Å². The van der Waals surface area contributed by atoms with E-state index in [0.29, 0.717) is 13.1 Å². The van der Waals surface area contributed by atoms with Crippen LogP contribution in [0.25, 0.3) is 0 Å². The highest BCUT2D eigenvalue weighted by Crippen LogP contribution is 2.26. The van der Waals surface area contributed by atoms with Gasteiger partial charge in [0.15, 0.2) is 5.96 Å². The van der Waals surface area contributed by atoms with E-state index in [-0.39, 0.29) is 47.2 Å². The fourth-order valence-electron chi connectivity index (χ4n) is 2.89. The topological polar surface area (TPSA) is 66.8 Å². The number of aromatic nitrogens is 1. The lowest BCUT2D eigenvalue weighted by atomic mass is 9.93. The minimum Gasteiger partial charge on any atom is -0.469 e. The van der Waals surface area contributed by atoms with Crippen molar-refractivity contribution in [1.82, 2.24) is 15.2 Å². The first-order chi connectivity index (χ1) is 11.8. The van der Waals surface area contributed by atoms with Gasteiger partial charge in [-0.05, 0) is 12.8 Å². The molecular weight excluding hydrogens is 463 g/mol. The third kappa shape index (κ3) is 5.80. The Balaban J connectivity index is 0.00000338. The van der Waals surface area contributed by atoms with E-state index >= 15 is 0 Å². The molecule has 0 aromatic carbocycles. The van der Waals surface area contributed by atoms with Crippen molar-refractivity contribution in [2.75, 3.05) is 26.7 Å². The Hall–Kier alpha value is -0.900. The van der Waals surface area contributed by atoms with Crippen molar-refractivity contribution in [3.8, 4) is 0 Å². The second-order valence-corrected chi connectivity index (χ2v) is 8.50. The number of halogens is 1. The van der Waals surface area contributed by atoms with Crippen molar-refractivity contribution in [3.05, 3.63) is 16.1 Å². The minimum atomic E-state index is -0.138. The number of carbonyl (C=O) groups excluding carboxylic acids is 1. The number of nitrogens with zero attached hydrogens (tertiary/aromatic N) is 3. The van der Waals surface area contributed by atoms with Crippen LogP contribution in [0.5, 0.6) is 0 Å². The number of guanidine groups is 1. The van der Waals surface area contributed by atoms with E-state index in [1.807, 2.05) is 6.92 Å². The van der Waals surface area contributed by atoms with Gasteiger partial charge in [0.05, 0.1) is 25.3 Å². The lowest BCUT2D eigenvalue weighted by Gasteiger charge is -2.21. The van der Waals surface area contributed by atoms with Crippen LogP contribution in [0, 0.1) is 11.8 Å². The van der Waals surface area contributed by atoms with Crippen LogP contribution >= 0.6 is 35.3 Å². The highest BCUT2D eigenvalue weighted by Gasteiger charge is 2.36. The fourth-order valence-corrected chi connectivity index (χ4v) is 3.84. The maximum atomic E-state index is 11.9. The average Bonchev–Trinajstić information content (AvgIpc) is 3.17. The summed E-state index contributed by atoms with van der Waals surface area (Å²) in [5.74, 6) is 0.860. The standard InChI is InChI=1S/C18H30N4O2S.HI/c1-7-19-17(22-9-12(2)13(10-22)16(23)24-6)20-8-15-21-14(11-25-15)18(3,4)5;/h11-13H,7-10H2,1-6H3,(H,19,20);1H. The van der Waals surface area contributed by atoms with Gasteiger partial charge in [0.25, 0.3) is 0 Å². The predicted octanol–water partition coefficient (Wildman–Crippen LogP) is 3.27. The largest absolute Gasteiger partial charge is 0.469 e. The first-order valence-electron chi connectivity index (χ1n) is 8.82. The van der Waals surface area contributed by atoms with Crippen molar-refractivity contribution in [2.45, 2.75) is 46.6 Å². The molecule has 26 heavy (non-hydrogen) atoms. The monoisotopic (exact) mass is 494 g/mol. The lowest BCUT2D eigenvalue weighted by molar-refractivity contribution is -0.145. The first-order valence-corrected chi connectivity index (χ1v) is 9.70. The maximum absolute atomic E-state index is 11.9. The van der Waals surface area contributed by atoms with Gasteiger partial charge < -0.3 is 15.0 Å². The second kappa shape index (κ2) is 9.87. The summed E-state index contributed by atoms with van der Waals surface area (Å²) in [5, 5.41) is 6.46. The Morgan fingerprint density at radius 1 is 1.46 bits per heavy atom. The number of likely N-dealkylation sites (tertiary alicyclic amines) is 1. The Morgan fingerprint density at radius 3 is 2.69 bits per heavy atom. The molecule has 2 unspecified atom stereocenters. The molecular formula is C18H31IN4O2S. The predicted molar refractivity (Wildman–Crippen MR) is 117 cm³/mol. The van der Waals surface area contributed by atoms with Crippen LogP contribution in [0.15, 0.2) is 10.4 Å². The summed E-state index contributed by atoms with van der Waals surface area (Å²) in [7, 11) is 1.45. The molecule has 1 saturated heterocycles. The molecule has 2 rings (SSSR count).